The van der Waals surface area contributed by atoms with Crippen molar-refractivity contribution in [1.82, 2.24) is 10.2 Å². The fraction of sp³-hybridized carbons (Fsp3) is 0.350. The van der Waals surface area contributed by atoms with Crippen LogP contribution in [0, 0.1) is 18.3 Å². The third-order valence-corrected chi connectivity index (χ3v) is 5.80. The Kier molecular flexibility index (Phi) is 3.51. The Labute approximate surface area is 161 Å². The van der Waals surface area contributed by atoms with Crippen LogP contribution in [-0.4, -0.2) is 35.4 Å². The minimum absolute atomic E-state index is 0.0243. The average molecular weight is 377 g/mol. The summed E-state index contributed by atoms with van der Waals surface area (Å²) in [6.45, 7) is 2.95. The molecule has 2 unspecified atom stereocenters. The number of nitrogens with zero attached hydrogens (tertiary/aromatic N) is 3. The van der Waals surface area contributed by atoms with Crippen molar-refractivity contribution in [3.63, 3.8) is 0 Å². The maximum atomic E-state index is 14.0. The van der Waals surface area contributed by atoms with Crippen LogP contribution in [0.15, 0.2) is 35.7 Å². The highest BCUT2D eigenvalue weighted by Crippen LogP contribution is 2.55. The Balaban J connectivity index is 1.78. The van der Waals surface area contributed by atoms with E-state index in [4.69, 9.17) is 15.2 Å². The number of hydrogen-bond acceptors (Lipinski definition) is 6. The first-order valence-electron chi connectivity index (χ1n) is 9.25. The number of rotatable bonds is 2. The van der Waals surface area contributed by atoms with Crippen LogP contribution in [0.25, 0.3) is 0 Å². The van der Waals surface area contributed by atoms with Gasteiger partial charge in [-0.1, -0.05) is 18.2 Å². The molecule has 8 heteroatoms. The lowest BCUT2D eigenvalue weighted by atomic mass is 9.69. The molecule has 0 aliphatic carbocycles. The van der Waals surface area contributed by atoms with Crippen molar-refractivity contribution >= 4 is 11.6 Å². The zero-order valence-electron chi connectivity index (χ0n) is 15.4. The summed E-state index contributed by atoms with van der Waals surface area (Å²) in [6, 6.07) is 9.65. The van der Waals surface area contributed by atoms with E-state index in [1.165, 1.54) is 0 Å². The molecule has 1 amide bonds. The second-order valence-electron chi connectivity index (χ2n) is 7.30. The molecule has 4 heterocycles. The number of carbonyl (C=O) groups is 1. The van der Waals surface area contributed by atoms with Crippen LogP contribution in [0.5, 0.6) is 5.88 Å². The number of hydrogen-bond donors (Lipinski definition) is 2. The zero-order chi connectivity index (χ0) is 19.5. The molecule has 5 rings (SSSR count). The van der Waals surface area contributed by atoms with Crippen LogP contribution in [-0.2, 0) is 14.9 Å². The maximum absolute atomic E-state index is 14.0. The number of benzene rings is 1. The zero-order valence-corrected chi connectivity index (χ0v) is 15.4. The highest BCUT2D eigenvalue weighted by molar-refractivity contribution is 6.14. The highest BCUT2D eigenvalue weighted by atomic mass is 16.5. The lowest BCUT2D eigenvalue weighted by Gasteiger charge is -2.32. The number of aromatic nitrogens is 2. The van der Waals surface area contributed by atoms with E-state index >= 15 is 0 Å². The van der Waals surface area contributed by atoms with E-state index in [2.05, 4.69) is 16.3 Å². The molecule has 28 heavy (non-hydrogen) atoms. The van der Waals surface area contributed by atoms with Crippen molar-refractivity contribution in [1.29, 1.82) is 5.26 Å². The molecule has 3 N–H and O–H groups in total. The van der Waals surface area contributed by atoms with E-state index in [0.29, 0.717) is 30.0 Å². The summed E-state index contributed by atoms with van der Waals surface area (Å²) in [6.07, 6.45) is 1.86. The van der Waals surface area contributed by atoms with Crippen LogP contribution in [0.2, 0.25) is 0 Å². The van der Waals surface area contributed by atoms with E-state index in [9.17, 15) is 10.1 Å². The van der Waals surface area contributed by atoms with Gasteiger partial charge < -0.3 is 20.1 Å². The van der Waals surface area contributed by atoms with Gasteiger partial charge in [-0.05, 0) is 25.8 Å². The fourth-order valence-electron chi connectivity index (χ4n) is 4.64. The van der Waals surface area contributed by atoms with Gasteiger partial charge in [0.2, 0.25) is 17.7 Å². The number of aromatic amines is 1. The Morgan fingerprint density at radius 1 is 1.46 bits per heavy atom. The first-order chi connectivity index (χ1) is 13.6. The molecular formula is C20H19N5O3. The van der Waals surface area contributed by atoms with Crippen molar-refractivity contribution in [2.75, 3.05) is 18.1 Å². The van der Waals surface area contributed by atoms with Crippen LogP contribution < -0.4 is 15.4 Å². The molecule has 1 fully saturated rings. The smallest absolute Gasteiger partial charge is 0.248 e. The number of para-hydroxylation sites is 1. The average Bonchev–Trinajstić information content (AvgIpc) is 3.39. The van der Waals surface area contributed by atoms with Gasteiger partial charge in [-0.3, -0.25) is 9.89 Å². The lowest BCUT2D eigenvalue weighted by Crippen LogP contribution is -2.47. The van der Waals surface area contributed by atoms with Gasteiger partial charge in [-0.25, -0.2) is 0 Å². The second kappa shape index (κ2) is 5.84. The van der Waals surface area contributed by atoms with Crippen LogP contribution >= 0.6 is 0 Å². The van der Waals surface area contributed by atoms with E-state index in [0.717, 1.165) is 18.5 Å². The van der Waals surface area contributed by atoms with Gasteiger partial charge in [0.25, 0.3) is 0 Å². The van der Waals surface area contributed by atoms with Crippen molar-refractivity contribution < 1.29 is 14.3 Å². The van der Waals surface area contributed by atoms with Crippen LogP contribution in [0.3, 0.4) is 0 Å². The van der Waals surface area contributed by atoms with E-state index in [1.807, 2.05) is 31.2 Å². The first-order valence-corrected chi connectivity index (χ1v) is 9.25. The minimum Gasteiger partial charge on any atom is -0.420 e. The van der Waals surface area contributed by atoms with Gasteiger partial charge in [0.1, 0.15) is 17.1 Å². The Hall–Kier alpha value is -3.31. The van der Waals surface area contributed by atoms with Crippen LogP contribution in [0.4, 0.5) is 5.69 Å². The predicted octanol–water partition coefficient (Wildman–Crippen LogP) is 1.62. The molecule has 0 saturated carbocycles. The van der Waals surface area contributed by atoms with Gasteiger partial charge in [0.05, 0.1) is 18.2 Å². The predicted molar refractivity (Wildman–Crippen MR) is 99.3 cm³/mol. The number of nitrogens with two attached hydrogens (primary N) is 1. The van der Waals surface area contributed by atoms with Crippen molar-refractivity contribution in [3.05, 3.63) is 52.5 Å². The molecule has 2 atom stereocenters. The number of aryl methyl sites for hydroxylation is 1. The number of anilines is 1. The number of H-pyrrole nitrogens is 1. The van der Waals surface area contributed by atoms with Crippen LogP contribution in [0.1, 0.15) is 29.7 Å². The molecule has 1 aromatic heterocycles. The molecule has 1 spiro atoms. The molecule has 1 saturated heterocycles. The summed E-state index contributed by atoms with van der Waals surface area (Å²) in [4.78, 5) is 15.7. The first kappa shape index (κ1) is 16.8. The summed E-state index contributed by atoms with van der Waals surface area (Å²) in [5.41, 5.74) is 7.50. The van der Waals surface area contributed by atoms with Gasteiger partial charge in [-0.15, -0.1) is 5.10 Å². The lowest BCUT2D eigenvalue weighted by molar-refractivity contribution is -0.121. The standard InChI is InChI=1S/C20H19N5O3/c1-11-16-18(24-23-11)28-17(22)14(9-21)20(16)13-6-2-3-7-15(13)25(19(20)26)10-12-5-4-8-27-12/h2-3,6-7,12H,4-5,8,10,22H2,1H3,(H,23,24). The summed E-state index contributed by atoms with van der Waals surface area (Å²) < 4.78 is 11.3. The van der Waals surface area contributed by atoms with E-state index in [1.54, 1.807) is 4.90 Å². The molecule has 8 nitrogen and oxygen atoms in total. The Morgan fingerprint density at radius 3 is 3.04 bits per heavy atom. The maximum Gasteiger partial charge on any atom is 0.248 e. The Morgan fingerprint density at radius 2 is 2.29 bits per heavy atom. The summed E-state index contributed by atoms with van der Waals surface area (Å²) in [7, 11) is 0. The number of fused-ring (bicyclic) bond motifs is 4. The number of amides is 1. The summed E-state index contributed by atoms with van der Waals surface area (Å²) in [5.74, 6) is -0.0857. The van der Waals surface area contributed by atoms with Gasteiger partial charge >= 0.3 is 0 Å². The normalized spacial score (nSPS) is 25.6. The molecule has 0 radical (unpaired) electrons. The topological polar surface area (TPSA) is 117 Å². The largest absolute Gasteiger partial charge is 0.420 e. The molecule has 2 aromatic rings. The molecule has 3 aliphatic rings. The number of ether oxygens (including phenoxy) is 2. The highest BCUT2D eigenvalue weighted by Gasteiger charge is 2.60. The Bertz CT molecular complexity index is 1060. The molecule has 142 valence electrons. The second-order valence-corrected chi connectivity index (χ2v) is 7.30. The fourth-order valence-corrected chi connectivity index (χ4v) is 4.64. The summed E-state index contributed by atoms with van der Waals surface area (Å²) >= 11 is 0. The van der Waals surface area contributed by atoms with Gasteiger partial charge in [-0.2, -0.15) is 5.26 Å². The van der Waals surface area contributed by atoms with Crippen molar-refractivity contribution in [2.45, 2.75) is 31.3 Å². The third kappa shape index (κ3) is 1.97. The monoisotopic (exact) mass is 377 g/mol. The van der Waals surface area contributed by atoms with E-state index in [-0.39, 0.29) is 29.3 Å². The number of carbonyl (C=O) groups excluding carboxylic acids is 1. The van der Waals surface area contributed by atoms with Crippen molar-refractivity contribution in [3.8, 4) is 11.9 Å². The molecule has 0 bridgehead atoms. The quantitative estimate of drug-likeness (QED) is 0.821. The van der Waals surface area contributed by atoms with E-state index < -0.39 is 5.41 Å². The minimum atomic E-state index is -1.36. The molecular weight excluding hydrogens is 358 g/mol. The molecule has 3 aliphatic heterocycles. The molecule has 1 aromatic carbocycles. The third-order valence-electron chi connectivity index (χ3n) is 5.80. The SMILES string of the molecule is Cc1[nH]nc2c1C1(C(=O)N(CC3CCCO3)c3ccccc31)C(C#N)=C(N)O2. The van der Waals surface area contributed by atoms with Gasteiger partial charge in [0, 0.05) is 23.6 Å². The number of nitrogens with one attached hydrogen (secondary N) is 1. The van der Waals surface area contributed by atoms with Crippen molar-refractivity contribution in [2.24, 2.45) is 5.73 Å². The summed E-state index contributed by atoms with van der Waals surface area (Å²) in [5, 5.41) is 17.0. The van der Waals surface area contributed by atoms with Gasteiger partial charge in [0.15, 0.2) is 0 Å². The number of nitriles is 1.